The van der Waals surface area contributed by atoms with Crippen LogP contribution in [-0.4, -0.2) is 24.3 Å². The SMILES string of the molecule is O=C(NCCCO)Nc1cccc(-c2cccs2)c1. The van der Waals surface area contributed by atoms with E-state index in [9.17, 15) is 4.79 Å². The number of hydrogen-bond donors (Lipinski definition) is 3. The predicted molar refractivity (Wildman–Crippen MR) is 78.5 cm³/mol. The summed E-state index contributed by atoms with van der Waals surface area (Å²) in [6.07, 6.45) is 0.558. The van der Waals surface area contributed by atoms with Gasteiger partial charge in [-0.05, 0) is 35.6 Å². The third kappa shape index (κ3) is 4.08. The number of thiophene rings is 1. The zero-order valence-electron chi connectivity index (χ0n) is 10.4. The average molecular weight is 276 g/mol. The molecule has 1 aromatic heterocycles. The number of rotatable bonds is 5. The van der Waals surface area contributed by atoms with Crippen LogP contribution >= 0.6 is 11.3 Å². The summed E-state index contributed by atoms with van der Waals surface area (Å²) >= 11 is 1.66. The summed E-state index contributed by atoms with van der Waals surface area (Å²) in [6, 6.07) is 11.5. The first-order valence-corrected chi connectivity index (χ1v) is 6.97. The van der Waals surface area contributed by atoms with Gasteiger partial charge in [0.05, 0.1) is 0 Å². The van der Waals surface area contributed by atoms with Crippen molar-refractivity contribution in [1.29, 1.82) is 0 Å². The lowest BCUT2D eigenvalue weighted by molar-refractivity contribution is 0.249. The molecule has 0 unspecified atom stereocenters. The Morgan fingerprint density at radius 2 is 2.16 bits per heavy atom. The maximum Gasteiger partial charge on any atom is 0.319 e. The average Bonchev–Trinajstić information content (AvgIpc) is 2.93. The number of urea groups is 1. The summed E-state index contributed by atoms with van der Waals surface area (Å²) in [5, 5.41) is 16.1. The Morgan fingerprint density at radius 3 is 2.89 bits per heavy atom. The van der Waals surface area contributed by atoms with Crippen LogP contribution in [0.15, 0.2) is 41.8 Å². The molecule has 0 aliphatic heterocycles. The van der Waals surface area contributed by atoms with Gasteiger partial charge in [-0.2, -0.15) is 0 Å². The van der Waals surface area contributed by atoms with E-state index in [1.54, 1.807) is 11.3 Å². The Hall–Kier alpha value is -1.85. The molecule has 0 bridgehead atoms. The van der Waals surface area contributed by atoms with Crippen molar-refractivity contribution in [3.8, 4) is 10.4 Å². The Balaban J connectivity index is 1.97. The summed E-state index contributed by atoms with van der Waals surface area (Å²) in [7, 11) is 0. The Labute approximate surface area is 116 Å². The summed E-state index contributed by atoms with van der Waals surface area (Å²) in [5.74, 6) is 0. The van der Waals surface area contributed by atoms with E-state index < -0.39 is 0 Å². The summed E-state index contributed by atoms with van der Waals surface area (Å²) in [4.78, 5) is 12.8. The van der Waals surface area contributed by atoms with Crippen LogP contribution in [0.3, 0.4) is 0 Å². The fourth-order valence-electron chi connectivity index (χ4n) is 1.65. The summed E-state index contributed by atoms with van der Waals surface area (Å²) in [5.41, 5.74) is 1.84. The number of hydrogen-bond acceptors (Lipinski definition) is 3. The minimum absolute atomic E-state index is 0.0775. The highest BCUT2D eigenvalue weighted by Crippen LogP contribution is 2.26. The molecule has 3 N–H and O–H groups in total. The van der Waals surface area contributed by atoms with E-state index in [0.717, 1.165) is 11.3 Å². The number of nitrogens with one attached hydrogen (secondary N) is 2. The minimum Gasteiger partial charge on any atom is -0.396 e. The molecule has 2 amide bonds. The van der Waals surface area contributed by atoms with Gasteiger partial charge in [0.15, 0.2) is 0 Å². The van der Waals surface area contributed by atoms with E-state index in [1.807, 2.05) is 41.8 Å². The van der Waals surface area contributed by atoms with Crippen LogP contribution in [0.25, 0.3) is 10.4 Å². The molecule has 0 aliphatic carbocycles. The molecule has 2 aromatic rings. The largest absolute Gasteiger partial charge is 0.396 e. The van der Waals surface area contributed by atoms with Crippen molar-refractivity contribution in [2.24, 2.45) is 0 Å². The molecule has 0 fully saturated rings. The van der Waals surface area contributed by atoms with Crippen LogP contribution in [0.5, 0.6) is 0 Å². The van der Waals surface area contributed by atoms with Gasteiger partial charge in [-0.25, -0.2) is 4.79 Å². The number of amides is 2. The van der Waals surface area contributed by atoms with E-state index in [1.165, 1.54) is 4.88 Å². The molecule has 0 spiro atoms. The molecular formula is C14H16N2O2S. The molecule has 1 heterocycles. The zero-order valence-corrected chi connectivity index (χ0v) is 11.2. The second kappa shape index (κ2) is 6.92. The quantitative estimate of drug-likeness (QED) is 0.735. The van der Waals surface area contributed by atoms with Gasteiger partial charge in [-0.1, -0.05) is 18.2 Å². The second-order valence-corrected chi connectivity index (χ2v) is 4.96. The number of aliphatic hydroxyl groups is 1. The maximum atomic E-state index is 11.6. The second-order valence-electron chi connectivity index (χ2n) is 4.02. The molecule has 100 valence electrons. The molecular weight excluding hydrogens is 260 g/mol. The number of carbonyl (C=O) groups excluding carboxylic acids is 1. The highest BCUT2D eigenvalue weighted by molar-refractivity contribution is 7.13. The predicted octanol–water partition coefficient (Wildman–Crippen LogP) is 2.92. The van der Waals surface area contributed by atoms with Gasteiger partial charge in [0.25, 0.3) is 0 Å². The van der Waals surface area contributed by atoms with Gasteiger partial charge < -0.3 is 15.7 Å². The van der Waals surface area contributed by atoms with E-state index in [2.05, 4.69) is 10.6 Å². The normalized spacial score (nSPS) is 10.2. The number of aliphatic hydroxyl groups excluding tert-OH is 1. The van der Waals surface area contributed by atoms with Crippen LogP contribution in [0.2, 0.25) is 0 Å². The van der Waals surface area contributed by atoms with Gasteiger partial charge in [-0.15, -0.1) is 11.3 Å². The van der Waals surface area contributed by atoms with Crippen molar-refractivity contribution >= 4 is 23.1 Å². The number of carbonyl (C=O) groups is 1. The fraction of sp³-hybridized carbons (Fsp3) is 0.214. The fourth-order valence-corrected chi connectivity index (χ4v) is 2.37. The summed E-state index contributed by atoms with van der Waals surface area (Å²) < 4.78 is 0. The van der Waals surface area contributed by atoms with E-state index >= 15 is 0 Å². The van der Waals surface area contributed by atoms with Gasteiger partial charge in [0, 0.05) is 23.7 Å². The van der Waals surface area contributed by atoms with Crippen molar-refractivity contribution in [3.05, 3.63) is 41.8 Å². The van der Waals surface area contributed by atoms with E-state index in [4.69, 9.17) is 5.11 Å². The van der Waals surface area contributed by atoms with Crippen LogP contribution in [-0.2, 0) is 0 Å². The standard InChI is InChI=1S/C14H16N2O2S/c17-8-3-7-15-14(18)16-12-5-1-4-11(10-12)13-6-2-9-19-13/h1-2,4-6,9-10,17H,3,7-8H2,(H2,15,16,18). The molecule has 0 atom stereocenters. The van der Waals surface area contributed by atoms with Crippen LogP contribution in [0.4, 0.5) is 10.5 Å². The molecule has 2 rings (SSSR count). The summed E-state index contributed by atoms with van der Waals surface area (Å²) in [6.45, 7) is 0.543. The van der Waals surface area contributed by atoms with Gasteiger partial charge in [0.1, 0.15) is 0 Å². The topological polar surface area (TPSA) is 61.4 Å². The third-order valence-corrected chi connectivity index (χ3v) is 3.47. The van der Waals surface area contributed by atoms with E-state index in [0.29, 0.717) is 13.0 Å². The lowest BCUT2D eigenvalue weighted by atomic mass is 10.1. The van der Waals surface area contributed by atoms with Crippen molar-refractivity contribution in [1.82, 2.24) is 5.32 Å². The Bertz CT molecular complexity index is 526. The van der Waals surface area contributed by atoms with Crippen LogP contribution in [0, 0.1) is 0 Å². The first-order chi connectivity index (χ1) is 9.29. The minimum atomic E-state index is -0.253. The molecule has 0 saturated heterocycles. The van der Waals surface area contributed by atoms with Gasteiger partial charge >= 0.3 is 6.03 Å². The smallest absolute Gasteiger partial charge is 0.319 e. The van der Waals surface area contributed by atoms with E-state index in [-0.39, 0.29) is 12.6 Å². The zero-order chi connectivity index (χ0) is 13.5. The van der Waals surface area contributed by atoms with Gasteiger partial charge in [0.2, 0.25) is 0 Å². The highest BCUT2D eigenvalue weighted by atomic mass is 32.1. The first-order valence-electron chi connectivity index (χ1n) is 6.09. The van der Waals surface area contributed by atoms with Crippen LogP contribution < -0.4 is 10.6 Å². The van der Waals surface area contributed by atoms with Crippen LogP contribution in [0.1, 0.15) is 6.42 Å². The lowest BCUT2D eigenvalue weighted by Crippen LogP contribution is -2.29. The molecule has 4 nitrogen and oxygen atoms in total. The molecule has 1 aromatic carbocycles. The molecule has 0 saturated carbocycles. The molecule has 19 heavy (non-hydrogen) atoms. The highest BCUT2D eigenvalue weighted by Gasteiger charge is 2.03. The van der Waals surface area contributed by atoms with Crippen molar-refractivity contribution in [2.75, 3.05) is 18.5 Å². The van der Waals surface area contributed by atoms with Crippen molar-refractivity contribution in [3.63, 3.8) is 0 Å². The Morgan fingerprint density at radius 1 is 1.26 bits per heavy atom. The Kier molecular flexibility index (Phi) is 4.94. The number of benzene rings is 1. The number of anilines is 1. The first kappa shape index (κ1) is 13.6. The van der Waals surface area contributed by atoms with Gasteiger partial charge in [-0.3, -0.25) is 0 Å². The monoisotopic (exact) mass is 276 g/mol. The van der Waals surface area contributed by atoms with Crippen molar-refractivity contribution in [2.45, 2.75) is 6.42 Å². The van der Waals surface area contributed by atoms with Crippen molar-refractivity contribution < 1.29 is 9.90 Å². The lowest BCUT2D eigenvalue weighted by Gasteiger charge is -2.08. The molecule has 0 radical (unpaired) electrons. The third-order valence-electron chi connectivity index (χ3n) is 2.55. The maximum absolute atomic E-state index is 11.6. The molecule has 5 heteroatoms. The molecule has 0 aliphatic rings.